The summed E-state index contributed by atoms with van der Waals surface area (Å²) in [5.41, 5.74) is 0.994. The number of methoxy groups -OCH3 is 2. The molecule has 0 aliphatic heterocycles. The maximum absolute atomic E-state index is 12.4. The van der Waals surface area contributed by atoms with Crippen LogP contribution >= 0.6 is 0 Å². The van der Waals surface area contributed by atoms with Gasteiger partial charge in [0.15, 0.2) is 0 Å². The van der Waals surface area contributed by atoms with Crippen LogP contribution in [0.4, 0.5) is 5.69 Å². The SMILES string of the molecule is COc1ccccc1/C=C/C(=O)Nc1cc(S(=O)(=O)NC(C)C)ccc1OC. The van der Waals surface area contributed by atoms with Crippen molar-refractivity contribution in [2.75, 3.05) is 19.5 Å². The Morgan fingerprint density at radius 2 is 1.71 bits per heavy atom. The molecule has 0 atom stereocenters. The number of nitrogens with one attached hydrogen (secondary N) is 2. The van der Waals surface area contributed by atoms with Gasteiger partial charge in [-0.05, 0) is 44.2 Å². The van der Waals surface area contributed by atoms with E-state index >= 15 is 0 Å². The van der Waals surface area contributed by atoms with E-state index in [1.54, 1.807) is 33.1 Å². The third-order valence-electron chi connectivity index (χ3n) is 3.68. The zero-order chi connectivity index (χ0) is 20.7. The molecule has 2 N–H and O–H groups in total. The lowest BCUT2D eigenvalue weighted by atomic mass is 10.2. The molecule has 7 nitrogen and oxygen atoms in total. The molecule has 0 radical (unpaired) electrons. The van der Waals surface area contributed by atoms with Crippen LogP contribution in [0.3, 0.4) is 0 Å². The van der Waals surface area contributed by atoms with Gasteiger partial charge in [-0.15, -0.1) is 0 Å². The molecule has 0 aromatic heterocycles. The van der Waals surface area contributed by atoms with Gasteiger partial charge in [-0.3, -0.25) is 4.79 Å². The Bertz CT molecular complexity index is 968. The van der Waals surface area contributed by atoms with Gasteiger partial charge in [-0.1, -0.05) is 18.2 Å². The number of benzene rings is 2. The molecule has 2 aromatic carbocycles. The maximum Gasteiger partial charge on any atom is 0.248 e. The fraction of sp³-hybridized carbons (Fsp3) is 0.250. The van der Waals surface area contributed by atoms with Crippen LogP contribution < -0.4 is 19.5 Å². The van der Waals surface area contributed by atoms with Crippen LogP contribution in [0.5, 0.6) is 11.5 Å². The van der Waals surface area contributed by atoms with E-state index in [-0.39, 0.29) is 16.6 Å². The third kappa shape index (κ3) is 5.58. The minimum atomic E-state index is -3.70. The molecule has 28 heavy (non-hydrogen) atoms. The van der Waals surface area contributed by atoms with Gasteiger partial charge >= 0.3 is 0 Å². The Kier molecular flexibility index (Phi) is 7.19. The first-order chi connectivity index (χ1) is 13.3. The average molecular weight is 404 g/mol. The zero-order valence-corrected chi connectivity index (χ0v) is 17.0. The number of carbonyl (C=O) groups excluding carboxylic acids is 1. The number of anilines is 1. The molecule has 0 heterocycles. The maximum atomic E-state index is 12.4. The van der Waals surface area contributed by atoms with Crippen LogP contribution in [0.15, 0.2) is 53.4 Å². The minimum absolute atomic E-state index is 0.0333. The first-order valence-electron chi connectivity index (χ1n) is 8.59. The van der Waals surface area contributed by atoms with E-state index in [1.165, 1.54) is 31.4 Å². The molecule has 0 spiro atoms. The highest BCUT2D eigenvalue weighted by atomic mass is 32.2. The van der Waals surface area contributed by atoms with E-state index in [0.29, 0.717) is 11.5 Å². The lowest BCUT2D eigenvalue weighted by Gasteiger charge is -2.13. The van der Waals surface area contributed by atoms with Crippen LogP contribution in [0.2, 0.25) is 0 Å². The first-order valence-corrected chi connectivity index (χ1v) is 10.1. The monoisotopic (exact) mass is 404 g/mol. The van der Waals surface area contributed by atoms with Gasteiger partial charge in [0, 0.05) is 17.7 Å². The summed E-state index contributed by atoms with van der Waals surface area (Å²) in [4.78, 5) is 12.4. The third-order valence-corrected chi connectivity index (χ3v) is 5.34. The standard InChI is InChI=1S/C20H24N2O5S/c1-14(2)22-28(24,25)16-10-11-19(27-4)17(13-16)21-20(23)12-9-15-7-5-6-8-18(15)26-3/h5-14,22H,1-4H3,(H,21,23)/b12-9+. The Hall–Kier alpha value is -2.84. The van der Waals surface area contributed by atoms with Crippen LogP contribution in [0.25, 0.3) is 6.08 Å². The Morgan fingerprint density at radius 1 is 1.04 bits per heavy atom. The molecular weight excluding hydrogens is 380 g/mol. The van der Waals surface area contributed by atoms with Gasteiger partial charge in [0.05, 0.1) is 24.8 Å². The van der Waals surface area contributed by atoms with Gasteiger partial charge in [0.2, 0.25) is 15.9 Å². The average Bonchev–Trinajstić information content (AvgIpc) is 2.65. The molecule has 0 bridgehead atoms. The fourth-order valence-electron chi connectivity index (χ4n) is 2.47. The predicted octanol–water partition coefficient (Wildman–Crippen LogP) is 3.04. The molecule has 8 heteroatoms. The van der Waals surface area contributed by atoms with E-state index in [4.69, 9.17) is 9.47 Å². The number of ether oxygens (including phenoxy) is 2. The molecule has 0 aliphatic rings. The quantitative estimate of drug-likeness (QED) is 0.660. The molecule has 0 aliphatic carbocycles. The normalized spacial score (nSPS) is 11.6. The molecule has 2 aromatic rings. The molecule has 0 saturated carbocycles. The Labute approximate surface area is 165 Å². The highest BCUT2D eigenvalue weighted by molar-refractivity contribution is 7.89. The molecule has 0 saturated heterocycles. The lowest BCUT2D eigenvalue weighted by molar-refractivity contribution is -0.111. The van der Waals surface area contributed by atoms with Crippen molar-refractivity contribution < 1.29 is 22.7 Å². The number of carbonyl (C=O) groups is 1. The lowest BCUT2D eigenvalue weighted by Crippen LogP contribution is -2.30. The number of para-hydroxylation sites is 1. The van der Waals surface area contributed by atoms with Crippen molar-refractivity contribution in [1.29, 1.82) is 0 Å². The topological polar surface area (TPSA) is 93.7 Å². The summed E-state index contributed by atoms with van der Waals surface area (Å²) in [6.07, 6.45) is 2.95. The molecule has 150 valence electrons. The molecule has 2 rings (SSSR count). The van der Waals surface area contributed by atoms with Crippen molar-refractivity contribution >= 4 is 27.7 Å². The largest absolute Gasteiger partial charge is 0.496 e. The smallest absolute Gasteiger partial charge is 0.248 e. The molecule has 0 fully saturated rings. The van der Waals surface area contributed by atoms with Crippen molar-refractivity contribution in [1.82, 2.24) is 4.72 Å². The van der Waals surface area contributed by atoms with Gasteiger partial charge in [0.1, 0.15) is 11.5 Å². The Morgan fingerprint density at radius 3 is 2.36 bits per heavy atom. The van der Waals surface area contributed by atoms with E-state index in [9.17, 15) is 13.2 Å². The van der Waals surface area contributed by atoms with E-state index in [1.807, 2.05) is 18.2 Å². The van der Waals surface area contributed by atoms with Crippen molar-refractivity contribution in [2.24, 2.45) is 0 Å². The summed E-state index contributed by atoms with van der Waals surface area (Å²) in [7, 11) is -0.707. The highest BCUT2D eigenvalue weighted by Crippen LogP contribution is 2.28. The number of hydrogen-bond acceptors (Lipinski definition) is 5. The van der Waals surface area contributed by atoms with Crippen LogP contribution in [-0.4, -0.2) is 34.6 Å². The summed E-state index contributed by atoms with van der Waals surface area (Å²) in [6.45, 7) is 3.46. The second kappa shape index (κ2) is 9.38. The summed E-state index contributed by atoms with van der Waals surface area (Å²) < 4.78 is 37.7. The number of hydrogen-bond donors (Lipinski definition) is 2. The van der Waals surface area contributed by atoms with Gasteiger partial charge < -0.3 is 14.8 Å². The van der Waals surface area contributed by atoms with Crippen molar-refractivity contribution in [3.05, 3.63) is 54.1 Å². The van der Waals surface area contributed by atoms with Gasteiger partial charge in [-0.25, -0.2) is 13.1 Å². The summed E-state index contributed by atoms with van der Waals surface area (Å²) >= 11 is 0. The predicted molar refractivity (Wildman–Crippen MR) is 109 cm³/mol. The number of amides is 1. The summed E-state index contributed by atoms with van der Waals surface area (Å²) in [5, 5.41) is 2.65. The Balaban J connectivity index is 2.25. The van der Waals surface area contributed by atoms with Gasteiger partial charge in [-0.2, -0.15) is 0 Å². The minimum Gasteiger partial charge on any atom is -0.496 e. The highest BCUT2D eigenvalue weighted by Gasteiger charge is 2.18. The molecule has 1 amide bonds. The van der Waals surface area contributed by atoms with Crippen LogP contribution in [0.1, 0.15) is 19.4 Å². The van der Waals surface area contributed by atoms with Crippen LogP contribution in [-0.2, 0) is 14.8 Å². The number of sulfonamides is 1. The van der Waals surface area contributed by atoms with E-state index in [0.717, 1.165) is 5.56 Å². The van der Waals surface area contributed by atoms with Crippen molar-refractivity contribution in [2.45, 2.75) is 24.8 Å². The van der Waals surface area contributed by atoms with E-state index in [2.05, 4.69) is 10.0 Å². The van der Waals surface area contributed by atoms with Crippen molar-refractivity contribution in [3.63, 3.8) is 0 Å². The molecule has 0 unspecified atom stereocenters. The molecular formula is C20H24N2O5S. The van der Waals surface area contributed by atoms with Crippen molar-refractivity contribution in [3.8, 4) is 11.5 Å². The fourth-order valence-corrected chi connectivity index (χ4v) is 3.75. The second-order valence-corrected chi connectivity index (χ2v) is 7.92. The summed E-state index contributed by atoms with van der Waals surface area (Å²) in [6, 6.07) is 11.3. The second-order valence-electron chi connectivity index (χ2n) is 6.20. The first kappa shape index (κ1) is 21.5. The number of rotatable bonds is 8. The van der Waals surface area contributed by atoms with Crippen LogP contribution in [0, 0.1) is 0 Å². The summed E-state index contributed by atoms with van der Waals surface area (Å²) in [5.74, 6) is 0.551. The zero-order valence-electron chi connectivity index (χ0n) is 16.2. The van der Waals surface area contributed by atoms with E-state index < -0.39 is 15.9 Å². The van der Waals surface area contributed by atoms with Gasteiger partial charge in [0.25, 0.3) is 0 Å².